The standard InChI is InChI=1S/C25H29NO7/c1-15(2)32-19-10-8-18(9-11-19)13-17(4)23(28)22-20(27)14-21(33-24(22)29)16(3)7-5-6-12-26-25(30)31/h6,8-16,26-27H,5,7H2,1-4H3,(H,30,31)/b12-6+,17-13+. The average Bonchev–Trinajstić information content (AvgIpc) is 2.73. The van der Waals surface area contributed by atoms with Gasteiger partial charge in [-0.05, 0) is 63.0 Å². The predicted octanol–water partition coefficient (Wildman–Crippen LogP) is 5.08. The Morgan fingerprint density at radius 3 is 2.42 bits per heavy atom. The van der Waals surface area contributed by atoms with Gasteiger partial charge in [0.15, 0.2) is 5.78 Å². The smallest absolute Gasteiger partial charge is 0.408 e. The number of ether oxygens (including phenoxy) is 1. The van der Waals surface area contributed by atoms with Crippen molar-refractivity contribution in [1.82, 2.24) is 5.32 Å². The van der Waals surface area contributed by atoms with Crippen LogP contribution >= 0.6 is 0 Å². The molecule has 0 spiro atoms. The maximum absolute atomic E-state index is 12.8. The van der Waals surface area contributed by atoms with Gasteiger partial charge in [0.2, 0.25) is 0 Å². The maximum atomic E-state index is 12.8. The van der Waals surface area contributed by atoms with Crippen molar-refractivity contribution in [2.45, 2.75) is 52.6 Å². The summed E-state index contributed by atoms with van der Waals surface area (Å²) in [6.45, 7) is 7.22. The third kappa shape index (κ3) is 7.68. The van der Waals surface area contributed by atoms with Gasteiger partial charge in [-0.3, -0.25) is 10.1 Å². The van der Waals surface area contributed by atoms with Gasteiger partial charge in [0.05, 0.1) is 6.10 Å². The number of ketones is 1. The Labute approximate surface area is 192 Å². The zero-order valence-corrected chi connectivity index (χ0v) is 19.1. The minimum absolute atomic E-state index is 0.0491. The second-order valence-electron chi connectivity index (χ2n) is 7.92. The lowest BCUT2D eigenvalue weighted by molar-refractivity contribution is 0.102. The van der Waals surface area contributed by atoms with Gasteiger partial charge in [-0.1, -0.05) is 25.1 Å². The topological polar surface area (TPSA) is 126 Å². The molecule has 0 saturated carbocycles. The van der Waals surface area contributed by atoms with E-state index in [0.717, 1.165) is 5.56 Å². The minimum atomic E-state index is -1.16. The Morgan fingerprint density at radius 1 is 1.18 bits per heavy atom. The lowest BCUT2D eigenvalue weighted by atomic mass is 9.99. The Hall–Kier alpha value is -3.81. The van der Waals surface area contributed by atoms with Crippen LogP contribution in [0.2, 0.25) is 0 Å². The van der Waals surface area contributed by atoms with Crippen molar-refractivity contribution in [3.05, 3.63) is 75.5 Å². The maximum Gasteiger partial charge on any atom is 0.408 e. The van der Waals surface area contributed by atoms with E-state index >= 15 is 0 Å². The molecule has 1 aromatic heterocycles. The molecule has 1 amide bonds. The summed E-state index contributed by atoms with van der Waals surface area (Å²) in [5.74, 6) is -0.329. The Bertz CT molecular complexity index is 1090. The van der Waals surface area contributed by atoms with E-state index in [-0.39, 0.29) is 23.4 Å². The van der Waals surface area contributed by atoms with E-state index in [2.05, 4.69) is 5.32 Å². The van der Waals surface area contributed by atoms with Gasteiger partial charge in [0.25, 0.3) is 0 Å². The predicted molar refractivity (Wildman–Crippen MR) is 125 cm³/mol. The fourth-order valence-corrected chi connectivity index (χ4v) is 3.08. The zero-order valence-electron chi connectivity index (χ0n) is 19.1. The Morgan fingerprint density at radius 2 is 1.85 bits per heavy atom. The molecule has 1 aromatic carbocycles. The van der Waals surface area contributed by atoms with Crippen molar-refractivity contribution in [3.63, 3.8) is 0 Å². The quantitative estimate of drug-likeness (QED) is 0.337. The number of carboxylic acid groups (broad SMARTS) is 1. The first-order valence-electron chi connectivity index (χ1n) is 10.6. The molecule has 0 fully saturated rings. The summed E-state index contributed by atoms with van der Waals surface area (Å²) in [7, 11) is 0. The molecule has 8 heteroatoms. The van der Waals surface area contributed by atoms with Gasteiger partial charge in [0, 0.05) is 18.2 Å². The van der Waals surface area contributed by atoms with Gasteiger partial charge >= 0.3 is 11.7 Å². The third-order valence-corrected chi connectivity index (χ3v) is 4.75. The van der Waals surface area contributed by atoms with Gasteiger partial charge in [0.1, 0.15) is 22.8 Å². The highest BCUT2D eigenvalue weighted by atomic mass is 16.5. The normalized spacial score (nSPS) is 12.7. The molecule has 176 valence electrons. The van der Waals surface area contributed by atoms with Gasteiger partial charge in [-0.15, -0.1) is 0 Å². The molecular formula is C25H29NO7. The molecule has 2 aromatic rings. The van der Waals surface area contributed by atoms with Crippen LogP contribution in [0, 0.1) is 0 Å². The molecule has 3 N–H and O–H groups in total. The summed E-state index contributed by atoms with van der Waals surface area (Å²) in [5.41, 5.74) is -0.299. The molecular weight excluding hydrogens is 426 g/mol. The molecule has 1 heterocycles. The number of carbonyl (C=O) groups is 2. The Balaban J connectivity index is 2.14. The van der Waals surface area contributed by atoms with Gasteiger partial charge in [-0.2, -0.15) is 0 Å². The number of nitrogens with one attached hydrogen (secondary N) is 1. The van der Waals surface area contributed by atoms with E-state index in [1.165, 1.54) is 12.3 Å². The molecule has 2 rings (SSSR count). The largest absolute Gasteiger partial charge is 0.507 e. The van der Waals surface area contributed by atoms with Crippen molar-refractivity contribution in [1.29, 1.82) is 0 Å². The highest BCUT2D eigenvalue weighted by Gasteiger charge is 2.22. The minimum Gasteiger partial charge on any atom is -0.507 e. The molecule has 0 aliphatic carbocycles. The molecule has 33 heavy (non-hydrogen) atoms. The van der Waals surface area contributed by atoms with E-state index in [1.54, 1.807) is 50.3 Å². The van der Waals surface area contributed by atoms with Crippen LogP contribution in [0.15, 0.2) is 57.4 Å². The van der Waals surface area contributed by atoms with Gasteiger partial charge in [-0.25, -0.2) is 9.59 Å². The van der Waals surface area contributed by atoms with Crippen molar-refractivity contribution in [2.75, 3.05) is 0 Å². The SMILES string of the molecule is C/C(=C\c1ccc(OC(C)C)cc1)C(=O)c1c(O)cc(C(C)CC/C=C/NC(=O)O)oc1=O. The molecule has 0 aliphatic heterocycles. The van der Waals surface area contributed by atoms with E-state index in [0.29, 0.717) is 18.6 Å². The number of rotatable bonds is 10. The summed E-state index contributed by atoms with van der Waals surface area (Å²) in [6, 6.07) is 8.45. The molecule has 1 atom stereocenters. The fraction of sp³-hybridized carbons (Fsp3) is 0.320. The lowest BCUT2D eigenvalue weighted by Gasteiger charge is -2.11. The number of hydrogen-bond donors (Lipinski definition) is 3. The molecule has 0 radical (unpaired) electrons. The second kappa shape index (κ2) is 11.7. The van der Waals surface area contributed by atoms with Crippen molar-refractivity contribution >= 4 is 18.0 Å². The first kappa shape index (κ1) is 25.5. The average molecular weight is 456 g/mol. The molecule has 0 bridgehead atoms. The highest BCUT2D eigenvalue weighted by molar-refractivity contribution is 6.12. The highest BCUT2D eigenvalue weighted by Crippen LogP contribution is 2.26. The summed E-state index contributed by atoms with van der Waals surface area (Å²) in [6.07, 6.45) is 4.53. The van der Waals surface area contributed by atoms with Crippen molar-refractivity contribution < 1.29 is 29.0 Å². The fourth-order valence-electron chi connectivity index (χ4n) is 3.08. The van der Waals surface area contributed by atoms with Crippen LogP contribution < -0.4 is 15.7 Å². The van der Waals surface area contributed by atoms with Crippen molar-refractivity contribution in [2.24, 2.45) is 0 Å². The number of allylic oxidation sites excluding steroid dienone is 2. The monoisotopic (exact) mass is 455 g/mol. The third-order valence-electron chi connectivity index (χ3n) is 4.75. The Kier molecular flexibility index (Phi) is 9.03. The van der Waals surface area contributed by atoms with Crippen LogP contribution in [0.5, 0.6) is 11.5 Å². The number of hydrogen-bond acceptors (Lipinski definition) is 6. The van der Waals surface area contributed by atoms with Gasteiger partial charge < -0.3 is 19.4 Å². The lowest BCUT2D eigenvalue weighted by Crippen LogP contribution is -2.16. The van der Waals surface area contributed by atoms with Crippen molar-refractivity contribution in [3.8, 4) is 11.5 Å². The number of carbonyl (C=O) groups excluding carboxylic acids is 1. The number of amides is 1. The molecule has 0 saturated heterocycles. The number of aromatic hydroxyl groups is 1. The summed E-state index contributed by atoms with van der Waals surface area (Å²) < 4.78 is 10.9. The number of benzene rings is 1. The summed E-state index contributed by atoms with van der Waals surface area (Å²) in [4.78, 5) is 35.7. The first-order valence-corrected chi connectivity index (χ1v) is 10.6. The van der Waals surface area contributed by atoms with Crippen LogP contribution in [-0.2, 0) is 0 Å². The van der Waals surface area contributed by atoms with Crippen LogP contribution in [0.3, 0.4) is 0 Å². The molecule has 1 unspecified atom stereocenters. The molecule has 0 aliphatic rings. The van der Waals surface area contributed by atoms with Crippen LogP contribution in [0.1, 0.15) is 68.1 Å². The summed E-state index contributed by atoms with van der Waals surface area (Å²) in [5, 5.41) is 21.0. The van der Waals surface area contributed by atoms with Crippen LogP contribution in [0.25, 0.3) is 6.08 Å². The van der Waals surface area contributed by atoms with Crippen LogP contribution in [-0.4, -0.2) is 28.2 Å². The number of Topliss-reactive ketones (excluding diaryl/α,β-unsaturated/α-hetero) is 1. The zero-order chi connectivity index (χ0) is 24.5. The van der Waals surface area contributed by atoms with Crippen LogP contribution in [0.4, 0.5) is 4.79 Å². The summed E-state index contributed by atoms with van der Waals surface area (Å²) >= 11 is 0. The van der Waals surface area contributed by atoms with E-state index in [4.69, 9.17) is 14.3 Å². The van der Waals surface area contributed by atoms with E-state index in [9.17, 15) is 19.5 Å². The van der Waals surface area contributed by atoms with E-state index < -0.39 is 28.8 Å². The second-order valence-corrected chi connectivity index (χ2v) is 7.92. The first-order chi connectivity index (χ1) is 15.6. The molecule has 8 nitrogen and oxygen atoms in total. The van der Waals surface area contributed by atoms with E-state index in [1.807, 2.05) is 13.8 Å².